The summed E-state index contributed by atoms with van der Waals surface area (Å²) in [5.74, 6) is 1.51. The Bertz CT molecular complexity index is 970. The van der Waals surface area contributed by atoms with Crippen LogP contribution in [0, 0.1) is 18.3 Å². The lowest BCUT2D eigenvalue weighted by Crippen LogP contribution is -2.31. The van der Waals surface area contributed by atoms with E-state index in [2.05, 4.69) is 39.8 Å². The molecule has 1 aliphatic heterocycles. The fraction of sp³-hybridized carbons (Fsp3) is 0.318. The van der Waals surface area contributed by atoms with Gasteiger partial charge in [-0.05, 0) is 67.0 Å². The van der Waals surface area contributed by atoms with Gasteiger partial charge >= 0.3 is 0 Å². The zero-order valence-corrected chi connectivity index (χ0v) is 18.0. The topological polar surface area (TPSA) is 81.9 Å². The van der Waals surface area contributed by atoms with Crippen LogP contribution in [0.1, 0.15) is 30.0 Å². The number of aryl methyl sites for hydroxylation is 1. The number of hydrogen-bond acceptors (Lipinski definition) is 6. The number of nitrogens with one attached hydrogen (secondary N) is 2. The van der Waals surface area contributed by atoms with Crippen molar-refractivity contribution >= 4 is 29.2 Å². The van der Waals surface area contributed by atoms with E-state index in [9.17, 15) is 0 Å². The third kappa shape index (κ3) is 5.61. The summed E-state index contributed by atoms with van der Waals surface area (Å²) < 4.78 is 10.7. The highest BCUT2D eigenvalue weighted by Gasteiger charge is 2.13. The standard InChI is InChI=1S/C22H25N5O2S/c1-3-27(10-4-9-23)19-7-6-18(16(2)11-19)14-25-26-22(30)24-13-17-5-8-20-21(12-17)29-15-28-20/h5-8,11-12,14H,3-4,10,13,15H2,1-2H3,(H2,24,26,30)/b25-14-. The van der Waals surface area contributed by atoms with Crippen LogP contribution in [-0.2, 0) is 6.54 Å². The van der Waals surface area contributed by atoms with Crippen LogP contribution in [0.25, 0.3) is 0 Å². The quantitative estimate of drug-likeness (QED) is 0.382. The summed E-state index contributed by atoms with van der Waals surface area (Å²) in [5.41, 5.74) is 7.10. The van der Waals surface area contributed by atoms with Crippen molar-refractivity contribution in [2.45, 2.75) is 26.8 Å². The summed E-state index contributed by atoms with van der Waals surface area (Å²) in [6, 6.07) is 14.2. The molecule has 8 heteroatoms. The summed E-state index contributed by atoms with van der Waals surface area (Å²) in [4.78, 5) is 2.19. The third-order valence-corrected chi connectivity index (χ3v) is 4.99. The van der Waals surface area contributed by atoms with Gasteiger partial charge in [-0.3, -0.25) is 5.43 Å². The minimum absolute atomic E-state index is 0.262. The van der Waals surface area contributed by atoms with Gasteiger partial charge in [0, 0.05) is 25.3 Å². The summed E-state index contributed by atoms with van der Waals surface area (Å²) >= 11 is 5.29. The zero-order chi connectivity index (χ0) is 21.3. The smallest absolute Gasteiger partial charge is 0.231 e. The van der Waals surface area contributed by atoms with E-state index in [1.807, 2.05) is 37.3 Å². The number of nitrogens with zero attached hydrogens (tertiary/aromatic N) is 3. The van der Waals surface area contributed by atoms with Crippen molar-refractivity contribution in [2.24, 2.45) is 5.10 Å². The SMILES string of the molecule is CCN(CCC#N)c1ccc(/C=N\NC(=S)NCc2ccc3c(c2)OCO3)c(C)c1. The van der Waals surface area contributed by atoms with Crippen molar-refractivity contribution in [3.05, 3.63) is 53.1 Å². The highest BCUT2D eigenvalue weighted by Crippen LogP contribution is 2.32. The van der Waals surface area contributed by atoms with E-state index in [-0.39, 0.29) is 6.79 Å². The fourth-order valence-corrected chi connectivity index (χ4v) is 3.21. The Kier molecular flexibility index (Phi) is 7.46. The van der Waals surface area contributed by atoms with Gasteiger partial charge in [-0.25, -0.2) is 0 Å². The van der Waals surface area contributed by atoms with Crippen molar-refractivity contribution in [3.8, 4) is 17.6 Å². The molecule has 0 saturated heterocycles. The van der Waals surface area contributed by atoms with Crippen LogP contribution in [0.15, 0.2) is 41.5 Å². The van der Waals surface area contributed by atoms with E-state index in [4.69, 9.17) is 27.0 Å². The second-order valence-corrected chi connectivity index (χ2v) is 7.18. The number of benzene rings is 2. The van der Waals surface area contributed by atoms with Gasteiger partial charge in [0.2, 0.25) is 6.79 Å². The number of hydrogen-bond donors (Lipinski definition) is 2. The van der Waals surface area contributed by atoms with Crippen LogP contribution in [0.2, 0.25) is 0 Å². The average molecular weight is 424 g/mol. The minimum Gasteiger partial charge on any atom is -0.454 e. The first-order chi connectivity index (χ1) is 14.6. The van der Waals surface area contributed by atoms with Gasteiger partial charge in [0.15, 0.2) is 16.6 Å². The van der Waals surface area contributed by atoms with Crippen LogP contribution < -0.4 is 25.1 Å². The Labute approximate surface area is 182 Å². The van der Waals surface area contributed by atoms with E-state index in [0.717, 1.165) is 47.0 Å². The molecule has 0 fully saturated rings. The van der Waals surface area contributed by atoms with Crippen molar-refractivity contribution in [1.82, 2.24) is 10.7 Å². The molecule has 3 rings (SSSR count). The largest absolute Gasteiger partial charge is 0.454 e. The molecule has 0 spiro atoms. The first-order valence-electron chi connectivity index (χ1n) is 9.78. The summed E-state index contributed by atoms with van der Waals surface area (Å²) in [6.07, 6.45) is 2.26. The van der Waals surface area contributed by atoms with Gasteiger partial charge in [0.1, 0.15) is 0 Å². The molecule has 156 valence electrons. The lowest BCUT2D eigenvalue weighted by Gasteiger charge is -2.22. The predicted molar refractivity (Wildman–Crippen MR) is 122 cm³/mol. The summed E-state index contributed by atoms with van der Waals surface area (Å²) in [7, 11) is 0. The Morgan fingerprint density at radius 3 is 2.87 bits per heavy atom. The molecule has 2 aromatic rings. The lowest BCUT2D eigenvalue weighted by molar-refractivity contribution is 0.174. The van der Waals surface area contributed by atoms with Crippen molar-refractivity contribution in [1.29, 1.82) is 5.26 Å². The second kappa shape index (κ2) is 10.5. The number of thiocarbonyl (C=S) groups is 1. The molecule has 30 heavy (non-hydrogen) atoms. The molecule has 0 unspecified atom stereocenters. The second-order valence-electron chi connectivity index (χ2n) is 6.77. The van der Waals surface area contributed by atoms with Crippen molar-refractivity contribution in [2.75, 3.05) is 24.8 Å². The molecule has 1 heterocycles. The van der Waals surface area contributed by atoms with E-state index in [1.54, 1.807) is 6.21 Å². The maximum atomic E-state index is 8.81. The molecule has 7 nitrogen and oxygen atoms in total. The molecule has 0 bridgehead atoms. The molecule has 0 saturated carbocycles. The van der Waals surface area contributed by atoms with E-state index >= 15 is 0 Å². The summed E-state index contributed by atoms with van der Waals surface area (Å²) in [5, 5.41) is 16.6. The van der Waals surface area contributed by atoms with Crippen LogP contribution in [0.4, 0.5) is 5.69 Å². The van der Waals surface area contributed by atoms with E-state index < -0.39 is 0 Å². The molecule has 0 radical (unpaired) electrons. The fourth-order valence-electron chi connectivity index (χ4n) is 3.09. The minimum atomic E-state index is 0.262. The normalized spacial score (nSPS) is 11.9. The van der Waals surface area contributed by atoms with Crippen LogP contribution in [-0.4, -0.2) is 31.2 Å². The number of fused-ring (bicyclic) bond motifs is 1. The number of anilines is 1. The molecular formula is C22H25N5O2S. The Morgan fingerprint density at radius 2 is 2.10 bits per heavy atom. The van der Waals surface area contributed by atoms with Crippen LogP contribution in [0.3, 0.4) is 0 Å². The van der Waals surface area contributed by atoms with Gasteiger partial charge in [-0.2, -0.15) is 10.4 Å². The molecular weight excluding hydrogens is 398 g/mol. The van der Waals surface area contributed by atoms with Gasteiger partial charge in [-0.15, -0.1) is 0 Å². The monoisotopic (exact) mass is 423 g/mol. The number of rotatable bonds is 8. The molecule has 0 amide bonds. The maximum absolute atomic E-state index is 8.81. The molecule has 0 aliphatic carbocycles. The third-order valence-electron chi connectivity index (χ3n) is 4.75. The van der Waals surface area contributed by atoms with Crippen molar-refractivity contribution < 1.29 is 9.47 Å². The number of nitriles is 1. The zero-order valence-electron chi connectivity index (χ0n) is 17.1. The summed E-state index contributed by atoms with van der Waals surface area (Å²) in [6.45, 7) is 6.53. The number of hydrazone groups is 1. The van der Waals surface area contributed by atoms with Gasteiger partial charge in [0.25, 0.3) is 0 Å². The molecule has 0 atom stereocenters. The van der Waals surface area contributed by atoms with Crippen molar-refractivity contribution in [3.63, 3.8) is 0 Å². The molecule has 2 aromatic carbocycles. The molecule has 2 N–H and O–H groups in total. The molecule has 0 aromatic heterocycles. The Morgan fingerprint density at radius 1 is 1.27 bits per heavy atom. The maximum Gasteiger partial charge on any atom is 0.231 e. The van der Waals surface area contributed by atoms with Gasteiger partial charge in [-0.1, -0.05) is 12.1 Å². The van der Waals surface area contributed by atoms with Gasteiger partial charge < -0.3 is 19.7 Å². The Balaban J connectivity index is 1.50. The lowest BCUT2D eigenvalue weighted by atomic mass is 10.1. The first-order valence-corrected chi connectivity index (χ1v) is 10.2. The van der Waals surface area contributed by atoms with Crippen LogP contribution >= 0.6 is 12.2 Å². The van der Waals surface area contributed by atoms with Gasteiger partial charge in [0.05, 0.1) is 18.7 Å². The highest BCUT2D eigenvalue weighted by molar-refractivity contribution is 7.80. The predicted octanol–water partition coefficient (Wildman–Crippen LogP) is 3.46. The number of ether oxygens (including phenoxy) is 2. The average Bonchev–Trinajstić information content (AvgIpc) is 3.22. The Hall–Kier alpha value is -3.31. The van der Waals surface area contributed by atoms with E-state index in [1.165, 1.54) is 0 Å². The molecule has 1 aliphatic rings. The first kappa shape index (κ1) is 21.4. The van der Waals surface area contributed by atoms with Crippen LogP contribution in [0.5, 0.6) is 11.5 Å². The van der Waals surface area contributed by atoms with E-state index in [0.29, 0.717) is 18.1 Å². The highest BCUT2D eigenvalue weighted by atomic mass is 32.1.